The van der Waals surface area contributed by atoms with Crippen molar-refractivity contribution in [2.45, 2.75) is 50.5 Å². The lowest BCUT2D eigenvalue weighted by molar-refractivity contribution is -0.139. The van der Waals surface area contributed by atoms with Crippen LogP contribution in [0.15, 0.2) is 42.5 Å². The summed E-state index contributed by atoms with van der Waals surface area (Å²) in [5.74, 6) is 0.154. The molecule has 0 aromatic heterocycles. The lowest BCUT2D eigenvalue weighted by Gasteiger charge is -2.38. The number of carbonyl (C=O) groups is 2. The molecule has 2 saturated heterocycles. The van der Waals surface area contributed by atoms with Crippen molar-refractivity contribution in [2.75, 3.05) is 13.2 Å². The zero-order chi connectivity index (χ0) is 23.4. The summed E-state index contributed by atoms with van der Waals surface area (Å²) in [6.07, 6.45) is 3.29. The number of carbonyl (C=O) groups excluding carboxylic acids is 2. The molecule has 0 aliphatic carbocycles. The molecule has 0 saturated carbocycles. The van der Waals surface area contributed by atoms with Crippen LogP contribution in [0.1, 0.15) is 31.2 Å². The maximum atomic E-state index is 13.1. The van der Waals surface area contributed by atoms with Crippen LogP contribution in [-0.2, 0) is 20.9 Å². The predicted molar refractivity (Wildman–Crippen MR) is 120 cm³/mol. The maximum Gasteiger partial charge on any atom is 0.261 e. The number of nitrogens with zero attached hydrogens (tertiary/aromatic N) is 1. The van der Waals surface area contributed by atoms with Gasteiger partial charge in [-0.25, -0.2) is 4.39 Å². The molecule has 4 rings (SSSR count). The second-order valence-electron chi connectivity index (χ2n) is 8.35. The molecule has 7 nitrogen and oxygen atoms in total. The van der Waals surface area contributed by atoms with Gasteiger partial charge in [0, 0.05) is 35.5 Å². The second-order valence-corrected chi connectivity index (χ2v) is 8.79. The van der Waals surface area contributed by atoms with Gasteiger partial charge >= 0.3 is 0 Å². The first kappa shape index (κ1) is 23.3. The number of amides is 2. The van der Waals surface area contributed by atoms with E-state index in [1.54, 1.807) is 30.3 Å². The molecule has 2 N–H and O–H groups in total. The van der Waals surface area contributed by atoms with Gasteiger partial charge in [0.1, 0.15) is 30.0 Å². The molecular weight excluding hydrogens is 451 g/mol. The number of benzene rings is 2. The Morgan fingerprint density at radius 1 is 1.06 bits per heavy atom. The lowest BCUT2D eigenvalue weighted by Crippen LogP contribution is -2.50. The van der Waals surface area contributed by atoms with Gasteiger partial charge < -0.3 is 24.8 Å². The van der Waals surface area contributed by atoms with Crippen LogP contribution >= 0.6 is 11.6 Å². The van der Waals surface area contributed by atoms with E-state index < -0.39 is 5.91 Å². The number of rotatable bonds is 9. The van der Waals surface area contributed by atoms with Crippen LogP contribution in [0.25, 0.3) is 0 Å². The zero-order valence-electron chi connectivity index (χ0n) is 18.0. The van der Waals surface area contributed by atoms with Gasteiger partial charge in [-0.05, 0) is 55.3 Å². The standard InChI is InChI=1S/C24H26ClFN2O5/c25-16-1-8-22(15(9-16)12-31-13-23(27)29)32-14-24(30)28-18-4-5-19(28)11-21(10-18)33-20-6-2-17(26)3-7-20/h1-3,6-9,18-19,21H,4-5,10-14H2,(H2,27,29). The molecule has 2 amide bonds. The summed E-state index contributed by atoms with van der Waals surface area (Å²) in [6.45, 7) is -0.242. The summed E-state index contributed by atoms with van der Waals surface area (Å²) in [7, 11) is 0. The highest BCUT2D eigenvalue weighted by atomic mass is 35.5. The van der Waals surface area contributed by atoms with Crippen molar-refractivity contribution in [2.24, 2.45) is 5.73 Å². The van der Waals surface area contributed by atoms with Crippen LogP contribution in [0.3, 0.4) is 0 Å². The van der Waals surface area contributed by atoms with E-state index >= 15 is 0 Å². The molecule has 9 heteroatoms. The van der Waals surface area contributed by atoms with E-state index in [0.717, 1.165) is 25.7 Å². The first-order chi connectivity index (χ1) is 15.9. The maximum absolute atomic E-state index is 13.1. The molecule has 2 aromatic rings. The number of fused-ring (bicyclic) bond motifs is 2. The van der Waals surface area contributed by atoms with Gasteiger partial charge in [0.15, 0.2) is 6.61 Å². The predicted octanol–water partition coefficient (Wildman–Crippen LogP) is 3.46. The van der Waals surface area contributed by atoms with E-state index in [2.05, 4.69) is 0 Å². The Bertz CT molecular complexity index is 989. The Balaban J connectivity index is 1.33. The van der Waals surface area contributed by atoms with Gasteiger partial charge in [-0.1, -0.05) is 11.6 Å². The highest BCUT2D eigenvalue weighted by Crippen LogP contribution is 2.37. The van der Waals surface area contributed by atoms with Crippen molar-refractivity contribution in [3.8, 4) is 11.5 Å². The minimum atomic E-state index is -0.572. The molecule has 2 aliphatic rings. The molecule has 2 atom stereocenters. The highest BCUT2D eigenvalue weighted by Gasteiger charge is 2.44. The Labute approximate surface area is 196 Å². The van der Waals surface area contributed by atoms with E-state index in [0.29, 0.717) is 22.1 Å². The van der Waals surface area contributed by atoms with E-state index in [-0.39, 0.29) is 49.7 Å². The Morgan fingerprint density at radius 3 is 2.42 bits per heavy atom. The van der Waals surface area contributed by atoms with Crippen LogP contribution in [0.5, 0.6) is 11.5 Å². The summed E-state index contributed by atoms with van der Waals surface area (Å²) >= 11 is 6.06. The van der Waals surface area contributed by atoms with Gasteiger partial charge in [-0.3, -0.25) is 9.59 Å². The quantitative estimate of drug-likeness (QED) is 0.598. The van der Waals surface area contributed by atoms with Gasteiger partial charge in [-0.15, -0.1) is 0 Å². The Hall–Kier alpha value is -2.84. The monoisotopic (exact) mass is 476 g/mol. The van der Waals surface area contributed by atoms with Crippen LogP contribution in [0.4, 0.5) is 4.39 Å². The van der Waals surface area contributed by atoms with Gasteiger partial charge in [-0.2, -0.15) is 0 Å². The largest absolute Gasteiger partial charge is 0.490 e. The molecule has 176 valence electrons. The molecule has 2 bridgehead atoms. The smallest absolute Gasteiger partial charge is 0.261 e. The first-order valence-electron chi connectivity index (χ1n) is 10.9. The molecule has 2 unspecified atom stereocenters. The van der Waals surface area contributed by atoms with Crippen molar-refractivity contribution < 1.29 is 28.2 Å². The van der Waals surface area contributed by atoms with Crippen molar-refractivity contribution in [1.82, 2.24) is 4.90 Å². The number of piperidine rings is 1. The number of primary amides is 1. The number of nitrogens with two attached hydrogens (primary N) is 1. The van der Waals surface area contributed by atoms with Crippen LogP contribution < -0.4 is 15.2 Å². The summed E-state index contributed by atoms with van der Waals surface area (Å²) < 4.78 is 30.2. The molecule has 2 aromatic carbocycles. The lowest BCUT2D eigenvalue weighted by atomic mass is 9.99. The minimum Gasteiger partial charge on any atom is -0.490 e. The molecule has 0 spiro atoms. The normalized spacial score (nSPS) is 21.6. The van der Waals surface area contributed by atoms with Crippen LogP contribution in [-0.4, -0.2) is 48.1 Å². The summed E-state index contributed by atoms with van der Waals surface area (Å²) in [6, 6.07) is 11.2. The third kappa shape index (κ3) is 5.94. The molecule has 2 heterocycles. The minimum absolute atomic E-state index is 0.0109. The zero-order valence-corrected chi connectivity index (χ0v) is 18.8. The van der Waals surface area contributed by atoms with E-state index in [1.807, 2.05) is 4.90 Å². The van der Waals surface area contributed by atoms with Crippen molar-refractivity contribution in [3.05, 3.63) is 58.9 Å². The molecule has 33 heavy (non-hydrogen) atoms. The third-order valence-electron chi connectivity index (χ3n) is 5.97. The summed E-state index contributed by atoms with van der Waals surface area (Å²) in [4.78, 5) is 25.8. The SMILES string of the molecule is NC(=O)COCc1cc(Cl)ccc1OCC(=O)N1C2CCC1CC(Oc1ccc(F)cc1)C2. The van der Waals surface area contributed by atoms with Crippen LogP contribution in [0, 0.1) is 5.82 Å². The Morgan fingerprint density at radius 2 is 1.76 bits per heavy atom. The third-order valence-corrected chi connectivity index (χ3v) is 6.20. The number of hydrogen-bond donors (Lipinski definition) is 1. The van der Waals surface area contributed by atoms with E-state index in [4.69, 9.17) is 31.5 Å². The fraction of sp³-hybridized carbons (Fsp3) is 0.417. The summed E-state index contributed by atoms with van der Waals surface area (Å²) in [5.41, 5.74) is 5.73. The molecule has 0 radical (unpaired) electrons. The Kier molecular flexibility index (Phi) is 7.35. The second kappa shape index (κ2) is 10.4. The van der Waals surface area contributed by atoms with Gasteiger partial charge in [0.25, 0.3) is 5.91 Å². The van der Waals surface area contributed by atoms with Gasteiger partial charge in [0.2, 0.25) is 5.91 Å². The molecule has 2 fully saturated rings. The van der Waals surface area contributed by atoms with Gasteiger partial charge in [0.05, 0.1) is 6.61 Å². The average molecular weight is 477 g/mol. The van der Waals surface area contributed by atoms with Crippen molar-refractivity contribution >= 4 is 23.4 Å². The fourth-order valence-corrected chi connectivity index (χ4v) is 4.81. The van der Waals surface area contributed by atoms with Crippen LogP contribution in [0.2, 0.25) is 5.02 Å². The molecular formula is C24H26ClFN2O5. The van der Waals surface area contributed by atoms with Crippen molar-refractivity contribution in [3.63, 3.8) is 0 Å². The number of halogens is 2. The van der Waals surface area contributed by atoms with E-state index in [9.17, 15) is 14.0 Å². The summed E-state index contributed by atoms with van der Waals surface area (Å²) in [5, 5.41) is 0.493. The van der Waals surface area contributed by atoms with Crippen molar-refractivity contribution in [1.29, 1.82) is 0 Å². The van der Waals surface area contributed by atoms with E-state index in [1.165, 1.54) is 12.1 Å². The number of hydrogen-bond acceptors (Lipinski definition) is 5. The highest BCUT2D eigenvalue weighted by molar-refractivity contribution is 6.30. The number of ether oxygens (including phenoxy) is 3. The topological polar surface area (TPSA) is 91.1 Å². The average Bonchev–Trinajstić information content (AvgIpc) is 3.05. The fourth-order valence-electron chi connectivity index (χ4n) is 4.61. The first-order valence-corrected chi connectivity index (χ1v) is 11.3. The molecule has 2 aliphatic heterocycles.